The molecule has 5 N–H and O–H groups in total. The molecule has 0 heterocycles. The Bertz CT molecular complexity index is 531. The summed E-state index contributed by atoms with van der Waals surface area (Å²) in [6.45, 7) is 5.49. The molecule has 0 saturated carbocycles. The van der Waals surface area contributed by atoms with E-state index in [4.69, 9.17) is 16.9 Å². The lowest BCUT2D eigenvalue weighted by molar-refractivity contribution is 0.204. The molecule has 0 unspecified atom stereocenters. The van der Waals surface area contributed by atoms with Crippen molar-refractivity contribution in [1.82, 2.24) is 0 Å². The number of halogens is 1. The van der Waals surface area contributed by atoms with Crippen LogP contribution in [0.5, 0.6) is 0 Å². The van der Waals surface area contributed by atoms with E-state index in [9.17, 15) is 9.18 Å². The summed E-state index contributed by atoms with van der Waals surface area (Å²) in [4.78, 5) is 10.6. The fourth-order valence-corrected chi connectivity index (χ4v) is 2.27. The lowest BCUT2D eigenvalue weighted by atomic mass is 9.87. The Kier molecular flexibility index (Phi) is 5.21. The van der Waals surface area contributed by atoms with E-state index in [1.807, 2.05) is 13.8 Å². The Balaban J connectivity index is 3.11. The van der Waals surface area contributed by atoms with Gasteiger partial charge in [0, 0.05) is 5.92 Å². The quantitative estimate of drug-likeness (QED) is 0.582. The van der Waals surface area contributed by atoms with E-state index in [0.717, 1.165) is 17.5 Å². The van der Waals surface area contributed by atoms with Gasteiger partial charge in [0.2, 0.25) is 5.90 Å². The SMILES string of the molecule is CCc1ccc(F)c([C@@H](C)[C@H](N)C(=N)OC(N)=O)c1C. The van der Waals surface area contributed by atoms with Crippen LogP contribution in [0.15, 0.2) is 12.1 Å². The highest BCUT2D eigenvalue weighted by atomic mass is 19.1. The van der Waals surface area contributed by atoms with Gasteiger partial charge in [-0.3, -0.25) is 5.41 Å². The summed E-state index contributed by atoms with van der Waals surface area (Å²) >= 11 is 0. The van der Waals surface area contributed by atoms with Crippen LogP contribution in [0.1, 0.15) is 36.5 Å². The van der Waals surface area contributed by atoms with Crippen molar-refractivity contribution in [3.8, 4) is 0 Å². The van der Waals surface area contributed by atoms with Crippen molar-refractivity contribution in [2.24, 2.45) is 11.5 Å². The predicted octanol–water partition coefficient (Wildman–Crippen LogP) is 2.20. The van der Waals surface area contributed by atoms with Gasteiger partial charge in [0.25, 0.3) is 0 Å². The summed E-state index contributed by atoms with van der Waals surface area (Å²) in [6, 6.07) is 2.18. The molecule has 20 heavy (non-hydrogen) atoms. The van der Waals surface area contributed by atoms with Crippen molar-refractivity contribution in [3.63, 3.8) is 0 Å². The highest BCUT2D eigenvalue weighted by molar-refractivity contribution is 5.89. The first kappa shape index (κ1) is 16.1. The average Bonchev–Trinajstić information content (AvgIpc) is 2.37. The number of ether oxygens (including phenoxy) is 1. The van der Waals surface area contributed by atoms with Crippen LogP contribution in [0.25, 0.3) is 0 Å². The summed E-state index contributed by atoms with van der Waals surface area (Å²) < 4.78 is 18.5. The number of primary amides is 1. The maximum Gasteiger partial charge on any atom is 0.411 e. The number of nitrogens with two attached hydrogens (primary N) is 2. The Labute approximate surface area is 117 Å². The molecular weight excluding hydrogens is 261 g/mol. The number of aryl methyl sites for hydroxylation is 1. The van der Waals surface area contributed by atoms with Crippen molar-refractivity contribution in [2.75, 3.05) is 0 Å². The molecule has 1 aromatic carbocycles. The third-order valence-corrected chi connectivity index (χ3v) is 3.46. The van der Waals surface area contributed by atoms with Crippen LogP contribution in [0.2, 0.25) is 0 Å². The van der Waals surface area contributed by atoms with Crippen LogP contribution < -0.4 is 11.5 Å². The smallest absolute Gasteiger partial charge is 0.394 e. The number of carbonyl (C=O) groups is 1. The van der Waals surface area contributed by atoms with Crippen LogP contribution in [0, 0.1) is 18.2 Å². The Hall–Kier alpha value is -1.95. The van der Waals surface area contributed by atoms with E-state index in [1.165, 1.54) is 6.07 Å². The summed E-state index contributed by atoms with van der Waals surface area (Å²) in [6.07, 6.45) is -0.326. The second-order valence-corrected chi connectivity index (χ2v) is 4.70. The van der Waals surface area contributed by atoms with E-state index in [0.29, 0.717) is 5.56 Å². The Morgan fingerprint density at radius 1 is 1.50 bits per heavy atom. The minimum Gasteiger partial charge on any atom is -0.394 e. The van der Waals surface area contributed by atoms with Gasteiger partial charge >= 0.3 is 6.09 Å². The summed E-state index contributed by atoms with van der Waals surface area (Å²) in [5, 5.41) is 7.57. The van der Waals surface area contributed by atoms with Crippen molar-refractivity contribution in [3.05, 3.63) is 34.6 Å². The standard InChI is InChI=1S/C14H20FN3O2/c1-4-9-5-6-10(15)11(7(9)2)8(3)12(16)13(17)20-14(18)19/h5-6,8,12,17H,4,16H2,1-3H3,(H2,18,19)/t8-,12+/m1/s1. The third kappa shape index (κ3) is 3.33. The van der Waals surface area contributed by atoms with Crippen LogP contribution in [0.4, 0.5) is 9.18 Å². The lowest BCUT2D eigenvalue weighted by Gasteiger charge is -2.23. The Morgan fingerprint density at radius 3 is 2.60 bits per heavy atom. The highest BCUT2D eigenvalue weighted by Crippen LogP contribution is 2.28. The molecule has 0 aliphatic heterocycles. The maximum absolute atomic E-state index is 14.0. The third-order valence-electron chi connectivity index (χ3n) is 3.46. The lowest BCUT2D eigenvalue weighted by Crippen LogP contribution is -2.39. The zero-order chi connectivity index (χ0) is 15.4. The van der Waals surface area contributed by atoms with Gasteiger partial charge in [0.1, 0.15) is 5.82 Å². The molecular formula is C14H20FN3O2. The van der Waals surface area contributed by atoms with Gasteiger partial charge in [-0.05, 0) is 36.1 Å². The van der Waals surface area contributed by atoms with Gasteiger partial charge in [-0.15, -0.1) is 0 Å². The zero-order valence-electron chi connectivity index (χ0n) is 11.9. The first-order valence-corrected chi connectivity index (χ1v) is 6.38. The minimum absolute atomic E-state index is 0.380. The molecule has 110 valence electrons. The van der Waals surface area contributed by atoms with Gasteiger partial charge < -0.3 is 16.2 Å². The number of nitrogens with one attached hydrogen (secondary N) is 1. The largest absolute Gasteiger partial charge is 0.411 e. The number of hydrogen-bond acceptors (Lipinski definition) is 4. The van der Waals surface area contributed by atoms with E-state index >= 15 is 0 Å². The van der Waals surface area contributed by atoms with E-state index in [2.05, 4.69) is 4.74 Å². The van der Waals surface area contributed by atoms with E-state index in [-0.39, 0.29) is 5.82 Å². The first-order valence-electron chi connectivity index (χ1n) is 6.38. The molecule has 0 radical (unpaired) electrons. The molecule has 0 aliphatic rings. The van der Waals surface area contributed by atoms with E-state index in [1.54, 1.807) is 13.0 Å². The van der Waals surface area contributed by atoms with Gasteiger partial charge in [0.05, 0.1) is 6.04 Å². The number of carbonyl (C=O) groups excluding carboxylic acids is 1. The molecule has 0 saturated heterocycles. The van der Waals surface area contributed by atoms with Crippen LogP contribution in [-0.4, -0.2) is 18.0 Å². The van der Waals surface area contributed by atoms with Gasteiger partial charge in [0.15, 0.2) is 0 Å². The van der Waals surface area contributed by atoms with Gasteiger partial charge in [-0.25, -0.2) is 9.18 Å². The van der Waals surface area contributed by atoms with Gasteiger partial charge in [-0.2, -0.15) is 0 Å². The molecule has 1 rings (SSSR count). The number of hydrogen-bond donors (Lipinski definition) is 3. The molecule has 0 fully saturated rings. The average molecular weight is 281 g/mol. The molecule has 1 aromatic rings. The molecule has 6 heteroatoms. The van der Waals surface area contributed by atoms with Crippen molar-refractivity contribution < 1.29 is 13.9 Å². The monoisotopic (exact) mass is 281 g/mol. The maximum atomic E-state index is 14.0. The summed E-state index contributed by atoms with van der Waals surface area (Å²) in [5.74, 6) is -1.35. The molecule has 5 nitrogen and oxygen atoms in total. The fourth-order valence-electron chi connectivity index (χ4n) is 2.27. The molecule has 0 aromatic heterocycles. The topological polar surface area (TPSA) is 102 Å². The van der Waals surface area contributed by atoms with Crippen molar-refractivity contribution in [2.45, 2.75) is 39.2 Å². The van der Waals surface area contributed by atoms with Crippen LogP contribution >= 0.6 is 0 Å². The highest BCUT2D eigenvalue weighted by Gasteiger charge is 2.26. The second kappa shape index (κ2) is 6.47. The molecule has 2 atom stereocenters. The minimum atomic E-state index is -1.10. The summed E-state index contributed by atoms with van der Waals surface area (Å²) in [7, 11) is 0. The molecule has 1 amide bonds. The molecule has 0 aliphatic carbocycles. The van der Waals surface area contributed by atoms with E-state index < -0.39 is 24.0 Å². The predicted molar refractivity (Wildman–Crippen MR) is 75.3 cm³/mol. The normalized spacial score (nSPS) is 13.7. The van der Waals surface area contributed by atoms with Crippen molar-refractivity contribution >= 4 is 12.0 Å². The number of rotatable bonds is 4. The first-order chi connectivity index (χ1) is 9.29. The fraction of sp³-hybridized carbons (Fsp3) is 0.429. The van der Waals surface area contributed by atoms with Crippen LogP contribution in [0.3, 0.4) is 0 Å². The zero-order valence-corrected chi connectivity index (χ0v) is 11.9. The second-order valence-electron chi connectivity index (χ2n) is 4.70. The Morgan fingerprint density at radius 2 is 2.10 bits per heavy atom. The number of benzene rings is 1. The molecule has 0 spiro atoms. The number of amides is 1. The van der Waals surface area contributed by atoms with Crippen molar-refractivity contribution in [1.29, 1.82) is 5.41 Å². The van der Waals surface area contributed by atoms with Gasteiger partial charge in [-0.1, -0.05) is 19.9 Å². The van der Waals surface area contributed by atoms with Crippen LogP contribution in [-0.2, 0) is 11.2 Å². The molecule has 0 bridgehead atoms. The summed E-state index contributed by atoms with van der Waals surface area (Å²) in [5.41, 5.74) is 13.0.